The van der Waals surface area contributed by atoms with Crippen LogP contribution in [0.1, 0.15) is 48.4 Å². The minimum absolute atomic E-state index is 0. The molecule has 0 radical (unpaired) electrons. The number of amides is 1. The molecule has 0 rings (SSSR count). The lowest BCUT2D eigenvalue weighted by molar-refractivity contribution is -0.121. The van der Waals surface area contributed by atoms with Gasteiger partial charge in [-0.1, -0.05) is 13.8 Å². The molecule has 3 nitrogen and oxygen atoms in total. The van der Waals surface area contributed by atoms with Crippen molar-refractivity contribution >= 4 is 5.91 Å². The lowest BCUT2D eigenvalue weighted by Crippen LogP contribution is -2.27. The van der Waals surface area contributed by atoms with Crippen molar-refractivity contribution in [3.05, 3.63) is 0 Å². The highest BCUT2D eigenvalue weighted by atomic mass is 16.5. The van der Waals surface area contributed by atoms with Gasteiger partial charge in [0.1, 0.15) is 0 Å². The van der Waals surface area contributed by atoms with E-state index in [-0.39, 0.29) is 7.33 Å². The molecule has 15 heavy (non-hydrogen) atoms. The molecule has 1 N–H and O–H groups in total. The van der Waals surface area contributed by atoms with E-state index in [2.05, 4.69) is 19.2 Å². The molecule has 0 heterocycles. The molecule has 92 valence electrons. The minimum Gasteiger partial charge on any atom is -0.379 e. The molecular weight excluding hydrogens is 190 g/mol. The largest absolute Gasteiger partial charge is 0.379 e. The lowest BCUT2D eigenvalue weighted by Gasteiger charge is -2.08. The summed E-state index contributed by atoms with van der Waals surface area (Å²) in [5.41, 5.74) is 0. The molecule has 0 aromatic heterocycles. The number of ether oxygens (including phenoxy) is 1. The first-order valence-electron chi connectivity index (χ1n) is 5.90. The second kappa shape index (κ2) is 8.72. The van der Waals surface area contributed by atoms with Gasteiger partial charge in [0.2, 0.25) is 5.91 Å². The van der Waals surface area contributed by atoms with Crippen LogP contribution in [0, 0.1) is 5.92 Å². The molecule has 0 aliphatic heterocycles. The van der Waals surface area contributed by atoms with Gasteiger partial charge in [-0.15, -0.1) is 0 Å². The van der Waals surface area contributed by atoms with Crippen LogP contribution in [0.2, 0.25) is 0 Å². The zero-order chi connectivity index (χ0) is 11.7. The van der Waals surface area contributed by atoms with Gasteiger partial charge in [0.25, 0.3) is 0 Å². The van der Waals surface area contributed by atoms with E-state index in [0.717, 1.165) is 26.0 Å². The molecule has 0 spiro atoms. The predicted octanol–water partition coefficient (Wildman–Crippen LogP) is 2.60. The fourth-order valence-electron chi connectivity index (χ4n) is 1.11. The second-order valence-electron chi connectivity index (χ2n) is 4.57. The molecule has 0 aliphatic rings. The maximum Gasteiger partial charge on any atom is 0.220 e. The van der Waals surface area contributed by atoms with Gasteiger partial charge in [0.05, 0.1) is 6.10 Å². The maximum absolute atomic E-state index is 11.3. The predicted molar refractivity (Wildman–Crippen MR) is 64.9 cm³/mol. The normalized spacial score (nSPS) is 11.1. The first-order valence-corrected chi connectivity index (χ1v) is 5.90. The van der Waals surface area contributed by atoms with Crippen LogP contribution >= 0.6 is 0 Å². The number of unbranched alkanes of at least 4 members (excludes halogenated alkanes) is 1. The fraction of sp³-hybridized carbons (Fsp3) is 0.917. The average Bonchev–Trinajstić information content (AvgIpc) is 2.13. The summed E-state index contributed by atoms with van der Waals surface area (Å²) in [6.45, 7) is 9.77. The van der Waals surface area contributed by atoms with Crippen LogP contribution in [0.3, 0.4) is 0 Å². The van der Waals surface area contributed by atoms with E-state index in [9.17, 15) is 4.79 Å². The van der Waals surface area contributed by atoms with Crippen LogP contribution in [0.5, 0.6) is 0 Å². The van der Waals surface area contributed by atoms with Crippen molar-refractivity contribution < 1.29 is 11.0 Å². The van der Waals surface area contributed by atoms with E-state index in [0.29, 0.717) is 18.4 Å². The van der Waals surface area contributed by atoms with Gasteiger partial charge < -0.3 is 10.1 Å². The summed E-state index contributed by atoms with van der Waals surface area (Å²) in [4.78, 5) is 11.3. The number of hydrogen-bond acceptors (Lipinski definition) is 2. The lowest BCUT2D eigenvalue weighted by atomic mass is 10.2. The Morgan fingerprint density at radius 2 is 1.93 bits per heavy atom. The summed E-state index contributed by atoms with van der Waals surface area (Å²) in [6.07, 6.45) is 2.79. The van der Waals surface area contributed by atoms with Crippen molar-refractivity contribution in [3.8, 4) is 0 Å². The number of hydrogen-bond donors (Lipinski definition) is 1. The quantitative estimate of drug-likeness (QED) is 0.635. The van der Waals surface area contributed by atoms with E-state index in [1.165, 1.54) is 0 Å². The Labute approximate surface area is 95.1 Å². The van der Waals surface area contributed by atoms with E-state index in [1.807, 2.05) is 13.8 Å². The zero-order valence-electron chi connectivity index (χ0n) is 10.5. The van der Waals surface area contributed by atoms with E-state index >= 15 is 0 Å². The summed E-state index contributed by atoms with van der Waals surface area (Å²) < 4.78 is 5.39. The highest BCUT2D eigenvalue weighted by molar-refractivity contribution is 5.75. The van der Waals surface area contributed by atoms with Crippen molar-refractivity contribution in [2.24, 2.45) is 5.92 Å². The second-order valence-corrected chi connectivity index (χ2v) is 4.57. The van der Waals surface area contributed by atoms with Gasteiger partial charge in [0, 0.05) is 21.0 Å². The molecule has 0 bridgehead atoms. The number of carbonyl (C=O) groups excluding carboxylic acids is 1. The van der Waals surface area contributed by atoms with Crippen LogP contribution < -0.4 is 5.32 Å². The average molecular weight is 217 g/mol. The Bertz CT molecular complexity index is 172. The van der Waals surface area contributed by atoms with Crippen LogP contribution in [-0.2, 0) is 9.53 Å². The van der Waals surface area contributed by atoms with E-state index in [1.54, 1.807) is 0 Å². The van der Waals surface area contributed by atoms with Gasteiger partial charge in [-0.25, -0.2) is 0 Å². The summed E-state index contributed by atoms with van der Waals surface area (Å²) >= 11 is 0. The molecule has 0 saturated heterocycles. The smallest absolute Gasteiger partial charge is 0.220 e. The summed E-state index contributed by atoms with van der Waals surface area (Å²) in [5.74, 6) is 0.687. The number of nitrogens with one attached hydrogen (secondary N) is 1. The molecule has 0 saturated carbocycles. The minimum atomic E-state index is 0. The molecule has 0 aliphatic carbocycles. The molecule has 0 fully saturated rings. The molecule has 3 heteroatoms. The molecule has 0 unspecified atom stereocenters. The van der Waals surface area contributed by atoms with Gasteiger partial charge in [-0.05, 0) is 32.6 Å². The number of rotatable bonds is 8. The van der Waals surface area contributed by atoms with Crippen molar-refractivity contribution in [1.82, 2.24) is 5.32 Å². The van der Waals surface area contributed by atoms with Crippen LogP contribution in [-0.4, -0.2) is 25.2 Å². The SMILES string of the molecule is CC(C)CNC(=O)CCCCOC(C)C.[HH]. The Balaban J connectivity index is 0. The Hall–Kier alpha value is -0.570. The van der Waals surface area contributed by atoms with Gasteiger partial charge in [0.15, 0.2) is 0 Å². The highest BCUT2D eigenvalue weighted by Gasteiger charge is 2.02. The first-order chi connectivity index (χ1) is 7.02. The Kier molecular flexibility index (Phi) is 8.38. The third-order valence-corrected chi connectivity index (χ3v) is 1.96. The number of carbonyl (C=O) groups is 1. The molecule has 0 atom stereocenters. The topological polar surface area (TPSA) is 38.3 Å². The van der Waals surface area contributed by atoms with E-state index in [4.69, 9.17) is 4.74 Å². The van der Waals surface area contributed by atoms with Crippen molar-refractivity contribution in [3.63, 3.8) is 0 Å². The standard InChI is InChI=1S/C12H25NO2.H2/c1-10(2)9-13-12(14)7-5-6-8-15-11(3)4;/h10-11H,5-9H2,1-4H3,(H,13,14);1H. The van der Waals surface area contributed by atoms with Crippen molar-refractivity contribution in [1.29, 1.82) is 0 Å². The monoisotopic (exact) mass is 217 g/mol. The van der Waals surface area contributed by atoms with Gasteiger partial charge >= 0.3 is 0 Å². The Morgan fingerprint density at radius 3 is 2.47 bits per heavy atom. The third-order valence-electron chi connectivity index (χ3n) is 1.96. The van der Waals surface area contributed by atoms with E-state index < -0.39 is 0 Å². The molecule has 1 amide bonds. The van der Waals surface area contributed by atoms with Crippen molar-refractivity contribution in [2.75, 3.05) is 13.2 Å². The van der Waals surface area contributed by atoms with Crippen LogP contribution in [0.25, 0.3) is 0 Å². The molecular formula is C12H27NO2. The maximum atomic E-state index is 11.3. The van der Waals surface area contributed by atoms with Gasteiger partial charge in [-0.3, -0.25) is 4.79 Å². The summed E-state index contributed by atoms with van der Waals surface area (Å²) in [5, 5.41) is 2.90. The molecule has 0 aromatic rings. The highest BCUT2D eigenvalue weighted by Crippen LogP contribution is 1.98. The Morgan fingerprint density at radius 1 is 1.27 bits per heavy atom. The zero-order valence-corrected chi connectivity index (χ0v) is 10.5. The summed E-state index contributed by atoms with van der Waals surface area (Å²) in [6, 6.07) is 0. The first kappa shape index (κ1) is 14.4. The third kappa shape index (κ3) is 11.4. The fourth-order valence-corrected chi connectivity index (χ4v) is 1.11. The van der Waals surface area contributed by atoms with Crippen LogP contribution in [0.4, 0.5) is 0 Å². The van der Waals surface area contributed by atoms with Crippen LogP contribution in [0.15, 0.2) is 0 Å². The summed E-state index contributed by atoms with van der Waals surface area (Å²) in [7, 11) is 0. The molecule has 0 aromatic carbocycles. The van der Waals surface area contributed by atoms with Crippen molar-refractivity contribution in [2.45, 2.75) is 53.1 Å². The van der Waals surface area contributed by atoms with Gasteiger partial charge in [-0.2, -0.15) is 0 Å².